The second-order valence-electron chi connectivity index (χ2n) is 16.1. The van der Waals surface area contributed by atoms with Gasteiger partial charge in [-0.1, -0.05) is 155 Å². The highest BCUT2D eigenvalue weighted by molar-refractivity contribution is 9.10. The normalized spacial score (nSPS) is 12.9. The lowest BCUT2D eigenvalue weighted by molar-refractivity contribution is -0.162. The highest BCUT2D eigenvalue weighted by Crippen LogP contribution is 2.29. The van der Waals surface area contributed by atoms with Crippen LogP contribution in [0.25, 0.3) is 0 Å². The number of nitrogens with one attached hydrogen (secondary N) is 2. The maximum atomic E-state index is 14.2. The predicted octanol–water partition coefficient (Wildman–Crippen LogP) is 14.2. The largest absolute Gasteiger partial charge is 0.458 e. The van der Waals surface area contributed by atoms with E-state index >= 15 is 0 Å². The van der Waals surface area contributed by atoms with Crippen LogP contribution >= 0.6 is 27.3 Å². The molecule has 1 unspecified atom stereocenters. The number of amides is 1. The van der Waals surface area contributed by atoms with Crippen molar-refractivity contribution in [2.75, 3.05) is 6.54 Å². The fraction of sp³-hybridized carbons (Fsp3) is 0.739. The standard InChI is InChI=1S/C46H75BrF2N2O3S/c1-5-8-11-14-17-19-22-25-30-46(4,31-26-23-20-18-15-12-9-6-2)54-45(53)42(27-24-21-16-13-10-7-3)50-35-39(32-37-28-29-40(48)41(49)33-37)51-44(52)43-34-38(47)36-55-43/h28-29,33-34,36,39,42,50H,5-27,30-32,35H2,1-4H3,(H,51,52)/t39-,42?/m0/s1. The van der Waals surface area contributed by atoms with Gasteiger partial charge >= 0.3 is 5.97 Å². The Morgan fingerprint density at radius 2 is 1.24 bits per heavy atom. The summed E-state index contributed by atoms with van der Waals surface area (Å²) in [5, 5.41) is 8.43. The molecule has 0 fully saturated rings. The number of unbranched alkanes of at least 4 members (excludes halogenated alkanes) is 19. The topological polar surface area (TPSA) is 67.4 Å². The van der Waals surface area contributed by atoms with Gasteiger partial charge in [-0.25, -0.2) is 8.78 Å². The Hall–Kier alpha value is -1.84. The van der Waals surface area contributed by atoms with Crippen molar-refractivity contribution in [2.45, 2.75) is 212 Å². The van der Waals surface area contributed by atoms with Crippen LogP contribution in [-0.4, -0.2) is 36.1 Å². The van der Waals surface area contributed by atoms with E-state index in [9.17, 15) is 18.4 Å². The van der Waals surface area contributed by atoms with Crippen molar-refractivity contribution in [1.29, 1.82) is 0 Å². The van der Waals surface area contributed by atoms with Gasteiger partial charge in [-0.2, -0.15) is 0 Å². The van der Waals surface area contributed by atoms with Gasteiger partial charge in [-0.05, 0) is 85.1 Å². The average molecular weight is 854 g/mol. The van der Waals surface area contributed by atoms with Crippen molar-refractivity contribution in [3.63, 3.8) is 0 Å². The van der Waals surface area contributed by atoms with Crippen molar-refractivity contribution in [3.8, 4) is 0 Å². The molecule has 0 saturated heterocycles. The van der Waals surface area contributed by atoms with Crippen LogP contribution in [0.4, 0.5) is 8.78 Å². The van der Waals surface area contributed by atoms with E-state index in [4.69, 9.17) is 4.74 Å². The number of carbonyl (C=O) groups excluding carboxylic acids is 2. The zero-order valence-electron chi connectivity index (χ0n) is 34.9. The number of halogens is 3. The highest BCUT2D eigenvalue weighted by atomic mass is 79.9. The van der Waals surface area contributed by atoms with Crippen molar-refractivity contribution < 1.29 is 23.1 Å². The average Bonchev–Trinajstić information content (AvgIpc) is 3.60. The van der Waals surface area contributed by atoms with Crippen LogP contribution in [-0.2, 0) is 16.0 Å². The number of rotatable bonds is 34. The molecular weight excluding hydrogens is 778 g/mol. The molecule has 2 aromatic rings. The van der Waals surface area contributed by atoms with Crippen LogP contribution in [0.3, 0.4) is 0 Å². The molecule has 0 saturated carbocycles. The number of hydrogen-bond acceptors (Lipinski definition) is 5. The molecule has 55 heavy (non-hydrogen) atoms. The number of thiophene rings is 1. The summed E-state index contributed by atoms with van der Waals surface area (Å²) in [5.74, 6) is -2.30. The summed E-state index contributed by atoms with van der Waals surface area (Å²) in [6.07, 6.45) is 29.0. The molecule has 1 amide bonds. The van der Waals surface area contributed by atoms with Gasteiger partial charge in [0.25, 0.3) is 5.91 Å². The Bertz CT molecular complexity index is 1290. The van der Waals surface area contributed by atoms with Gasteiger partial charge in [-0.3, -0.25) is 9.59 Å². The molecule has 0 radical (unpaired) electrons. The summed E-state index contributed by atoms with van der Waals surface area (Å²) in [5.41, 5.74) is 0.0330. The Morgan fingerprint density at radius 1 is 0.727 bits per heavy atom. The summed E-state index contributed by atoms with van der Waals surface area (Å²) in [6, 6.07) is 4.59. The monoisotopic (exact) mass is 852 g/mol. The molecule has 2 atom stereocenters. The molecule has 0 aliphatic carbocycles. The second kappa shape index (κ2) is 30.3. The Labute approximate surface area is 346 Å². The van der Waals surface area contributed by atoms with E-state index in [1.165, 1.54) is 114 Å². The van der Waals surface area contributed by atoms with Crippen LogP contribution in [0.5, 0.6) is 0 Å². The van der Waals surface area contributed by atoms with Gasteiger partial charge in [0.05, 0.1) is 4.88 Å². The zero-order valence-corrected chi connectivity index (χ0v) is 37.3. The van der Waals surface area contributed by atoms with Crippen molar-refractivity contribution in [1.82, 2.24) is 10.6 Å². The van der Waals surface area contributed by atoms with Gasteiger partial charge in [0.1, 0.15) is 11.6 Å². The van der Waals surface area contributed by atoms with E-state index in [0.29, 0.717) is 16.9 Å². The van der Waals surface area contributed by atoms with E-state index in [-0.39, 0.29) is 24.8 Å². The van der Waals surface area contributed by atoms with Crippen LogP contribution in [0.2, 0.25) is 0 Å². The third-order valence-electron chi connectivity index (χ3n) is 10.8. The minimum atomic E-state index is -0.922. The number of benzene rings is 1. The smallest absolute Gasteiger partial charge is 0.323 e. The molecule has 1 heterocycles. The van der Waals surface area contributed by atoms with Crippen LogP contribution in [0.15, 0.2) is 34.1 Å². The lowest BCUT2D eigenvalue weighted by atomic mass is 9.90. The van der Waals surface area contributed by atoms with E-state index in [1.54, 1.807) is 12.1 Å². The number of esters is 1. The first kappa shape index (κ1) is 49.3. The third kappa shape index (κ3) is 22.6. The molecule has 1 aromatic heterocycles. The first-order valence-electron chi connectivity index (χ1n) is 22.1. The van der Waals surface area contributed by atoms with Crippen LogP contribution < -0.4 is 10.6 Å². The molecule has 0 aliphatic heterocycles. The van der Waals surface area contributed by atoms with Gasteiger partial charge in [-0.15, -0.1) is 11.3 Å². The maximum absolute atomic E-state index is 14.2. The van der Waals surface area contributed by atoms with Crippen molar-refractivity contribution >= 4 is 39.1 Å². The molecule has 5 nitrogen and oxygen atoms in total. The summed E-state index contributed by atoms with van der Waals surface area (Å²) in [4.78, 5) is 28.1. The van der Waals surface area contributed by atoms with E-state index in [0.717, 1.165) is 68.3 Å². The Morgan fingerprint density at radius 3 is 1.73 bits per heavy atom. The van der Waals surface area contributed by atoms with Crippen LogP contribution in [0, 0.1) is 11.6 Å². The molecule has 2 N–H and O–H groups in total. The molecular formula is C46H75BrF2N2O3S. The van der Waals surface area contributed by atoms with Crippen LogP contribution in [0.1, 0.15) is 203 Å². The minimum absolute atomic E-state index is 0.227. The number of hydrogen-bond donors (Lipinski definition) is 2. The molecule has 2 rings (SSSR count). The summed E-state index contributed by atoms with van der Waals surface area (Å²) in [7, 11) is 0. The molecule has 0 aliphatic rings. The number of ether oxygens (including phenoxy) is 1. The molecule has 9 heteroatoms. The summed E-state index contributed by atoms with van der Waals surface area (Å²) >= 11 is 4.76. The lowest BCUT2D eigenvalue weighted by Gasteiger charge is -2.32. The van der Waals surface area contributed by atoms with Gasteiger partial charge in [0, 0.05) is 22.4 Å². The lowest BCUT2D eigenvalue weighted by Crippen LogP contribution is -2.49. The minimum Gasteiger partial charge on any atom is -0.458 e. The fourth-order valence-corrected chi connectivity index (χ4v) is 8.67. The second-order valence-corrected chi connectivity index (χ2v) is 17.9. The predicted molar refractivity (Wildman–Crippen MR) is 232 cm³/mol. The SMILES string of the molecule is CCCCCCCCCCC(C)(CCCCCCCCCC)OC(=O)C(CCCCCCCC)NC[C@H](Cc1ccc(F)c(F)c1)NC(=O)c1cc(Br)cs1. The van der Waals surface area contributed by atoms with Crippen molar-refractivity contribution in [2.24, 2.45) is 0 Å². The molecule has 1 aromatic carbocycles. The fourth-order valence-electron chi connectivity index (χ4n) is 7.34. The van der Waals surface area contributed by atoms with Crippen molar-refractivity contribution in [3.05, 3.63) is 56.2 Å². The van der Waals surface area contributed by atoms with E-state index in [2.05, 4.69) is 54.3 Å². The van der Waals surface area contributed by atoms with E-state index < -0.39 is 29.3 Å². The highest BCUT2D eigenvalue weighted by Gasteiger charge is 2.32. The summed E-state index contributed by atoms with van der Waals surface area (Å²) in [6.45, 7) is 9.13. The quantitative estimate of drug-likeness (QED) is 0.0544. The first-order chi connectivity index (χ1) is 26.6. The first-order valence-corrected chi connectivity index (χ1v) is 23.7. The van der Waals surface area contributed by atoms with Gasteiger partial charge < -0.3 is 15.4 Å². The third-order valence-corrected chi connectivity index (χ3v) is 12.5. The summed E-state index contributed by atoms with van der Waals surface area (Å²) < 4.78 is 35.4. The Kier molecular flexibility index (Phi) is 27.1. The van der Waals surface area contributed by atoms with E-state index in [1.807, 2.05) is 5.38 Å². The molecule has 0 bridgehead atoms. The molecule has 0 spiro atoms. The Balaban J connectivity index is 2.18. The molecule has 314 valence electrons. The van der Waals surface area contributed by atoms with Gasteiger partial charge in [0.2, 0.25) is 0 Å². The zero-order chi connectivity index (χ0) is 40.2. The maximum Gasteiger partial charge on any atom is 0.323 e. The number of carbonyl (C=O) groups is 2. The van der Waals surface area contributed by atoms with Gasteiger partial charge in [0.15, 0.2) is 11.6 Å².